The highest BCUT2D eigenvalue weighted by Gasteiger charge is 2.20. The second-order valence-electron chi connectivity index (χ2n) is 5.69. The molecule has 0 aliphatic carbocycles. The van der Waals surface area contributed by atoms with Gasteiger partial charge in [-0.3, -0.25) is 0 Å². The Hall–Kier alpha value is -1.02. The van der Waals surface area contributed by atoms with Crippen LogP contribution < -0.4 is 4.74 Å². The average molecular weight is 234 g/mol. The van der Waals surface area contributed by atoms with Crippen LogP contribution in [-0.2, 0) is 10.2 Å². The van der Waals surface area contributed by atoms with Crippen molar-refractivity contribution >= 4 is 0 Å². The molecule has 1 saturated heterocycles. The summed E-state index contributed by atoms with van der Waals surface area (Å²) in [7, 11) is 0. The van der Waals surface area contributed by atoms with E-state index < -0.39 is 0 Å². The highest BCUT2D eigenvalue weighted by molar-refractivity contribution is 5.38. The van der Waals surface area contributed by atoms with Crippen LogP contribution in [0.25, 0.3) is 0 Å². The van der Waals surface area contributed by atoms with Crippen molar-refractivity contribution in [2.75, 3.05) is 13.2 Å². The Labute approximate surface area is 104 Å². The molecule has 1 aromatic carbocycles. The number of para-hydroxylation sites is 1. The van der Waals surface area contributed by atoms with Gasteiger partial charge in [-0.15, -0.1) is 0 Å². The molecule has 2 nitrogen and oxygen atoms in total. The summed E-state index contributed by atoms with van der Waals surface area (Å²) in [5, 5.41) is 0. The molecule has 1 heterocycles. The lowest BCUT2D eigenvalue weighted by atomic mass is 9.86. The van der Waals surface area contributed by atoms with E-state index in [1.807, 2.05) is 6.07 Å². The molecule has 1 aromatic rings. The molecule has 0 aromatic heterocycles. The molecule has 0 amide bonds. The van der Waals surface area contributed by atoms with Gasteiger partial charge in [-0.2, -0.15) is 0 Å². The lowest BCUT2D eigenvalue weighted by molar-refractivity contribution is 0.0673. The summed E-state index contributed by atoms with van der Waals surface area (Å²) in [6.07, 6.45) is 2.56. The van der Waals surface area contributed by atoms with E-state index in [0.717, 1.165) is 25.2 Å². The van der Waals surface area contributed by atoms with Gasteiger partial charge in [0, 0.05) is 6.61 Å². The first-order valence-corrected chi connectivity index (χ1v) is 6.41. The molecule has 0 N–H and O–H groups in total. The largest absolute Gasteiger partial charge is 0.491 e. The quantitative estimate of drug-likeness (QED) is 0.796. The summed E-state index contributed by atoms with van der Waals surface area (Å²) in [6.45, 7) is 8.19. The van der Waals surface area contributed by atoms with Gasteiger partial charge in [0.2, 0.25) is 0 Å². The van der Waals surface area contributed by atoms with E-state index >= 15 is 0 Å². The van der Waals surface area contributed by atoms with Crippen molar-refractivity contribution in [3.8, 4) is 5.75 Å². The Balaban J connectivity index is 2.04. The van der Waals surface area contributed by atoms with E-state index in [1.165, 1.54) is 5.56 Å². The Morgan fingerprint density at radius 1 is 1.29 bits per heavy atom. The van der Waals surface area contributed by atoms with E-state index in [9.17, 15) is 0 Å². The molecule has 1 aliphatic rings. The summed E-state index contributed by atoms with van der Waals surface area (Å²) < 4.78 is 11.5. The molecule has 0 spiro atoms. The predicted octanol–water partition coefficient (Wildman–Crippen LogP) is 3.54. The highest BCUT2D eigenvalue weighted by atomic mass is 16.5. The Kier molecular flexibility index (Phi) is 3.72. The molecule has 0 saturated carbocycles. The zero-order chi connectivity index (χ0) is 12.3. The van der Waals surface area contributed by atoms with Gasteiger partial charge >= 0.3 is 0 Å². The van der Waals surface area contributed by atoms with E-state index in [1.54, 1.807) is 0 Å². The minimum atomic E-state index is 0.118. The zero-order valence-corrected chi connectivity index (χ0v) is 11.0. The van der Waals surface area contributed by atoms with Crippen LogP contribution in [0.15, 0.2) is 24.3 Å². The first kappa shape index (κ1) is 12.4. The van der Waals surface area contributed by atoms with Crippen LogP contribution in [0.3, 0.4) is 0 Å². The smallest absolute Gasteiger partial charge is 0.123 e. The van der Waals surface area contributed by atoms with Crippen LogP contribution in [0.4, 0.5) is 0 Å². The second kappa shape index (κ2) is 5.09. The van der Waals surface area contributed by atoms with Crippen LogP contribution in [0.2, 0.25) is 0 Å². The van der Waals surface area contributed by atoms with Gasteiger partial charge in [-0.05, 0) is 29.9 Å². The normalized spacial score (nSPS) is 20.5. The van der Waals surface area contributed by atoms with E-state index in [-0.39, 0.29) is 11.5 Å². The van der Waals surface area contributed by atoms with Gasteiger partial charge in [0.1, 0.15) is 12.4 Å². The lowest BCUT2D eigenvalue weighted by Crippen LogP contribution is -2.19. The average Bonchev–Trinajstić information content (AvgIpc) is 2.78. The van der Waals surface area contributed by atoms with E-state index in [4.69, 9.17) is 9.47 Å². The summed E-state index contributed by atoms with van der Waals surface area (Å²) in [6, 6.07) is 8.29. The molecular formula is C15H22O2. The fraction of sp³-hybridized carbons (Fsp3) is 0.600. The van der Waals surface area contributed by atoms with Crippen molar-refractivity contribution in [2.24, 2.45) is 0 Å². The topological polar surface area (TPSA) is 18.5 Å². The van der Waals surface area contributed by atoms with Crippen molar-refractivity contribution in [2.45, 2.75) is 45.1 Å². The maximum atomic E-state index is 5.92. The Morgan fingerprint density at radius 3 is 2.71 bits per heavy atom. The standard InChI is InChI=1S/C15H22O2/c1-15(2,3)13-8-4-5-9-14(13)17-11-12-7-6-10-16-12/h4-5,8-9,12H,6-7,10-11H2,1-3H3. The monoisotopic (exact) mass is 234 g/mol. The summed E-state index contributed by atoms with van der Waals surface area (Å²) in [5.74, 6) is 0.996. The Bertz CT molecular complexity index is 359. The van der Waals surface area contributed by atoms with Crippen LogP contribution in [-0.4, -0.2) is 19.3 Å². The predicted molar refractivity (Wildman–Crippen MR) is 69.6 cm³/mol. The van der Waals surface area contributed by atoms with Gasteiger partial charge in [0.15, 0.2) is 0 Å². The maximum absolute atomic E-state index is 5.92. The van der Waals surface area contributed by atoms with Gasteiger partial charge < -0.3 is 9.47 Å². The third-order valence-electron chi connectivity index (χ3n) is 3.14. The fourth-order valence-corrected chi connectivity index (χ4v) is 2.17. The summed E-state index contributed by atoms with van der Waals surface area (Å²) >= 11 is 0. The van der Waals surface area contributed by atoms with Crippen LogP contribution in [0, 0.1) is 0 Å². The number of ether oxygens (including phenoxy) is 2. The summed E-state index contributed by atoms with van der Waals surface area (Å²) in [5.41, 5.74) is 1.38. The molecule has 0 radical (unpaired) electrons. The number of rotatable bonds is 3. The highest BCUT2D eigenvalue weighted by Crippen LogP contribution is 2.31. The van der Waals surface area contributed by atoms with Crippen LogP contribution >= 0.6 is 0 Å². The molecule has 17 heavy (non-hydrogen) atoms. The van der Waals surface area contributed by atoms with Crippen molar-refractivity contribution in [1.29, 1.82) is 0 Å². The molecule has 1 unspecified atom stereocenters. The third kappa shape index (κ3) is 3.22. The van der Waals surface area contributed by atoms with Crippen molar-refractivity contribution in [3.05, 3.63) is 29.8 Å². The van der Waals surface area contributed by atoms with Crippen molar-refractivity contribution in [1.82, 2.24) is 0 Å². The van der Waals surface area contributed by atoms with Crippen LogP contribution in [0.1, 0.15) is 39.2 Å². The number of benzene rings is 1. The van der Waals surface area contributed by atoms with Crippen LogP contribution in [0.5, 0.6) is 5.75 Å². The van der Waals surface area contributed by atoms with Crippen molar-refractivity contribution < 1.29 is 9.47 Å². The second-order valence-corrected chi connectivity index (χ2v) is 5.69. The maximum Gasteiger partial charge on any atom is 0.123 e. The molecule has 2 heteroatoms. The minimum Gasteiger partial charge on any atom is -0.491 e. The van der Waals surface area contributed by atoms with Gasteiger partial charge in [-0.1, -0.05) is 39.0 Å². The van der Waals surface area contributed by atoms with Gasteiger partial charge in [0.25, 0.3) is 0 Å². The van der Waals surface area contributed by atoms with Gasteiger partial charge in [-0.25, -0.2) is 0 Å². The molecule has 0 bridgehead atoms. The SMILES string of the molecule is CC(C)(C)c1ccccc1OCC1CCCO1. The molecule has 1 atom stereocenters. The van der Waals surface area contributed by atoms with E-state index in [0.29, 0.717) is 6.61 Å². The fourth-order valence-electron chi connectivity index (χ4n) is 2.17. The van der Waals surface area contributed by atoms with E-state index in [2.05, 4.69) is 39.0 Å². The lowest BCUT2D eigenvalue weighted by Gasteiger charge is -2.23. The number of hydrogen-bond acceptors (Lipinski definition) is 2. The third-order valence-corrected chi connectivity index (χ3v) is 3.14. The minimum absolute atomic E-state index is 0.118. The Morgan fingerprint density at radius 2 is 2.06 bits per heavy atom. The molecule has 1 aliphatic heterocycles. The number of hydrogen-bond donors (Lipinski definition) is 0. The molecule has 2 rings (SSSR count). The first-order chi connectivity index (χ1) is 8.07. The molecule has 94 valence electrons. The summed E-state index contributed by atoms with van der Waals surface area (Å²) in [4.78, 5) is 0. The zero-order valence-electron chi connectivity index (χ0n) is 11.0. The van der Waals surface area contributed by atoms with Crippen molar-refractivity contribution in [3.63, 3.8) is 0 Å². The molecular weight excluding hydrogens is 212 g/mol. The molecule has 1 fully saturated rings. The first-order valence-electron chi connectivity index (χ1n) is 6.41. The van der Waals surface area contributed by atoms with Gasteiger partial charge in [0.05, 0.1) is 6.10 Å².